The van der Waals surface area contributed by atoms with Gasteiger partial charge in [0.25, 0.3) is 0 Å². The molecule has 1 aliphatic heterocycles. The second-order valence-corrected chi connectivity index (χ2v) is 6.78. The Labute approximate surface area is 130 Å². The van der Waals surface area contributed by atoms with E-state index in [9.17, 15) is 4.79 Å². The summed E-state index contributed by atoms with van der Waals surface area (Å²) >= 11 is 0. The van der Waals surface area contributed by atoms with Crippen LogP contribution < -0.4 is 5.73 Å². The molecule has 0 radical (unpaired) electrons. The third kappa shape index (κ3) is 5.95. The van der Waals surface area contributed by atoms with E-state index in [1.54, 1.807) is 0 Å². The van der Waals surface area contributed by atoms with Gasteiger partial charge in [0.1, 0.15) is 0 Å². The topological polar surface area (TPSA) is 49.6 Å². The number of unbranched alkanes of at least 4 members (excludes halogenated alkanes) is 1. The fourth-order valence-electron chi connectivity index (χ4n) is 3.69. The lowest BCUT2D eigenvalue weighted by Crippen LogP contribution is -2.36. The summed E-state index contributed by atoms with van der Waals surface area (Å²) in [5, 5.41) is 0. The highest BCUT2D eigenvalue weighted by Gasteiger charge is 2.23. The SMILES string of the molecule is NCCCCN1CCCN(C(=O)CC2CCCCC2)CC1. The normalized spacial score (nSPS) is 22.2. The van der Waals surface area contributed by atoms with Gasteiger partial charge in [-0.3, -0.25) is 4.79 Å². The molecule has 0 unspecified atom stereocenters. The van der Waals surface area contributed by atoms with Crippen molar-refractivity contribution < 1.29 is 4.79 Å². The largest absolute Gasteiger partial charge is 0.341 e. The zero-order valence-electron chi connectivity index (χ0n) is 13.6. The summed E-state index contributed by atoms with van der Waals surface area (Å²) in [5.74, 6) is 1.07. The molecular formula is C17H33N3O. The highest BCUT2D eigenvalue weighted by molar-refractivity contribution is 5.76. The van der Waals surface area contributed by atoms with Crippen molar-refractivity contribution in [3.05, 3.63) is 0 Å². The van der Waals surface area contributed by atoms with Crippen LogP contribution in [-0.4, -0.2) is 55.0 Å². The van der Waals surface area contributed by atoms with Crippen molar-refractivity contribution >= 4 is 5.91 Å². The summed E-state index contributed by atoms with van der Waals surface area (Å²) in [6.45, 7) is 5.99. The highest BCUT2D eigenvalue weighted by atomic mass is 16.2. The summed E-state index contributed by atoms with van der Waals surface area (Å²) in [7, 11) is 0. The predicted molar refractivity (Wildman–Crippen MR) is 87.1 cm³/mol. The van der Waals surface area contributed by atoms with E-state index >= 15 is 0 Å². The molecule has 21 heavy (non-hydrogen) atoms. The van der Waals surface area contributed by atoms with Crippen LogP contribution in [0.3, 0.4) is 0 Å². The van der Waals surface area contributed by atoms with Crippen molar-refractivity contribution in [1.29, 1.82) is 0 Å². The van der Waals surface area contributed by atoms with Gasteiger partial charge in [0.05, 0.1) is 0 Å². The number of amides is 1. The second-order valence-electron chi connectivity index (χ2n) is 6.78. The Morgan fingerprint density at radius 1 is 0.952 bits per heavy atom. The zero-order chi connectivity index (χ0) is 14.9. The van der Waals surface area contributed by atoms with E-state index in [1.165, 1.54) is 38.5 Å². The fourth-order valence-corrected chi connectivity index (χ4v) is 3.69. The molecule has 4 nitrogen and oxygen atoms in total. The zero-order valence-corrected chi connectivity index (χ0v) is 13.6. The maximum atomic E-state index is 12.5. The smallest absolute Gasteiger partial charge is 0.222 e. The molecule has 0 atom stereocenters. The molecule has 2 rings (SSSR count). The van der Waals surface area contributed by atoms with E-state index in [2.05, 4.69) is 9.80 Å². The van der Waals surface area contributed by atoms with Crippen LogP contribution >= 0.6 is 0 Å². The molecule has 1 aliphatic carbocycles. The minimum Gasteiger partial charge on any atom is -0.341 e. The average molecular weight is 295 g/mol. The first-order valence-corrected chi connectivity index (χ1v) is 9.00. The molecule has 2 aliphatic rings. The molecule has 1 amide bonds. The molecule has 0 aromatic heterocycles. The van der Waals surface area contributed by atoms with Gasteiger partial charge >= 0.3 is 0 Å². The summed E-state index contributed by atoms with van der Waals surface area (Å²) < 4.78 is 0. The first-order chi connectivity index (χ1) is 10.3. The molecule has 2 fully saturated rings. The van der Waals surface area contributed by atoms with Gasteiger partial charge < -0.3 is 15.5 Å². The van der Waals surface area contributed by atoms with Crippen molar-refractivity contribution in [3.63, 3.8) is 0 Å². The monoisotopic (exact) mass is 295 g/mol. The first-order valence-electron chi connectivity index (χ1n) is 9.00. The van der Waals surface area contributed by atoms with Crippen LogP contribution in [0.4, 0.5) is 0 Å². The molecule has 0 bridgehead atoms. The van der Waals surface area contributed by atoms with Crippen LogP contribution in [-0.2, 0) is 4.79 Å². The molecule has 1 heterocycles. The molecule has 122 valence electrons. The van der Waals surface area contributed by atoms with Crippen molar-refractivity contribution in [2.24, 2.45) is 11.7 Å². The minimum absolute atomic E-state index is 0.408. The predicted octanol–water partition coefficient (Wildman–Crippen LogP) is 2.23. The summed E-state index contributed by atoms with van der Waals surface area (Å²) in [4.78, 5) is 17.1. The van der Waals surface area contributed by atoms with Gasteiger partial charge in [0, 0.05) is 26.1 Å². The standard InChI is InChI=1S/C17H33N3O/c18-9-4-5-10-19-11-6-12-20(14-13-19)17(21)15-16-7-2-1-3-8-16/h16H,1-15,18H2. The minimum atomic E-state index is 0.408. The lowest BCUT2D eigenvalue weighted by atomic mass is 9.86. The summed E-state index contributed by atoms with van der Waals surface area (Å²) in [6, 6.07) is 0. The van der Waals surface area contributed by atoms with Crippen LogP contribution in [0.2, 0.25) is 0 Å². The van der Waals surface area contributed by atoms with Crippen molar-refractivity contribution in [2.45, 2.75) is 57.8 Å². The van der Waals surface area contributed by atoms with E-state index in [-0.39, 0.29) is 0 Å². The molecule has 0 aromatic rings. The maximum absolute atomic E-state index is 12.5. The van der Waals surface area contributed by atoms with Gasteiger partial charge in [-0.15, -0.1) is 0 Å². The lowest BCUT2D eigenvalue weighted by Gasteiger charge is -2.26. The third-order valence-corrected chi connectivity index (χ3v) is 5.06. The first kappa shape index (κ1) is 16.8. The van der Waals surface area contributed by atoms with E-state index in [0.29, 0.717) is 11.8 Å². The van der Waals surface area contributed by atoms with Gasteiger partial charge in [-0.2, -0.15) is 0 Å². The summed E-state index contributed by atoms with van der Waals surface area (Å²) in [5.41, 5.74) is 5.55. The van der Waals surface area contributed by atoms with E-state index < -0.39 is 0 Å². The van der Waals surface area contributed by atoms with Crippen LogP contribution in [0.15, 0.2) is 0 Å². The Morgan fingerprint density at radius 3 is 2.52 bits per heavy atom. The highest BCUT2D eigenvalue weighted by Crippen LogP contribution is 2.27. The Balaban J connectivity index is 1.69. The van der Waals surface area contributed by atoms with E-state index in [4.69, 9.17) is 5.73 Å². The van der Waals surface area contributed by atoms with Crippen LogP contribution in [0, 0.1) is 5.92 Å². The number of hydrogen-bond acceptors (Lipinski definition) is 3. The molecular weight excluding hydrogens is 262 g/mol. The molecule has 0 aromatic carbocycles. The Kier molecular flexibility index (Phi) is 7.51. The third-order valence-electron chi connectivity index (χ3n) is 5.06. The second kappa shape index (κ2) is 9.42. The number of carbonyl (C=O) groups is 1. The van der Waals surface area contributed by atoms with Crippen LogP contribution in [0.1, 0.15) is 57.8 Å². The number of nitrogens with two attached hydrogens (primary N) is 1. The van der Waals surface area contributed by atoms with Gasteiger partial charge in [-0.1, -0.05) is 19.3 Å². The Morgan fingerprint density at radius 2 is 1.76 bits per heavy atom. The van der Waals surface area contributed by atoms with Crippen molar-refractivity contribution in [1.82, 2.24) is 9.80 Å². The van der Waals surface area contributed by atoms with Crippen LogP contribution in [0.5, 0.6) is 0 Å². The number of hydrogen-bond donors (Lipinski definition) is 1. The summed E-state index contributed by atoms with van der Waals surface area (Å²) in [6.07, 6.45) is 10.8. The van der Waals surface area contributed by atoms with Gasteiger partial charge in [-0.05, 0) is 57.7 Å². The fraction of sp³-hybridized carbons (Fsp3) is 0.941. The average Bonchev–Trinajstić information content (AvgIpc) is 2.74. The quantitative estimate of drug-likeness (QED) is 0.765. The maximum Gasteiger partial charge on any atom is 0.222 e. The van der Waals surface area contributed by atoms with Gasteiger partial charge in [0.15, 0.2) is 0 Å². The van der Waals surface area contributed by atoms with E-state index in [0.717, 1.165) is 58.5 Å². The molecule has 4 heteroatoms. The van der Waals surface area contributed by atoms with Gasteiger partial charge in [-0.25, -0.2) is 0 Å². The lowest BCUT2D eigenvalue weighted by molar-refractivity contribution is -0.132. The molecule has 0 spiro atoms. The van der Waals surface area contributed by atoms with Crippen molar-refractivity contribution in [2.75, 3.05) is 39.3 Å². The van der Waals surface area contributed by atoms with Gasteiger partial charge in [0.2, 0.25) is 5.91 Å². The van der Waals surface area contributed by atoms with Crippen LogP contribution in [0.25, 0.3) is 0 Å². The van der Waals surface area contributed by atoms with E-state index in [1.807, 2.05) is 0 Å². The Hall–Kier alpha value is -0.610. The number of carbonyl (C=O) groups excluding carboxylic acids is 1. The molecule has 1 saturated carbocycles. The van der Waals surface area contributed by atoms with Crippen molar-refractivity contribution in [3.8, 4) is 0 Å². The molecule has 1 saturated heterocycles. The molecule has 2 N–H and O–H groups in total. The number of nitrogens with zero attached hydrogens (tertiary/aromatic N) is 2. The number of rotatable bonds is 6. The Bertz CT molecular complexity index is 302.